The Morgan fingerprint density at radius 3 is 2.67 bits per heavy atom. The predicted octanol–water partition coefficient (Wildman–Crippen LogP) is 0.0137. The minimum Gasteiger partial charge on any atom is -0.480 e. The maximum absolute atomic E-state index is 11.3. The third kappa shape index (κ3) is 3.20. The van der Waals surface area contributed by atoms with Gasteiger partial charge in [0.25, 0.3) is 0 Å². The monoisotopic (exact) mass is 214 g/mol. The number of nitrogens with zero attached hydrogens (tertiary/aromatic N) is 2. The van der Waals surface area contributed by atoms with Gasteiger partial charge in [-0.2, -0.15) is 0 Å². The number of carbonyl (C=O) groups is 2. The molecular formula is C10H18N2O3. The number of rotatable bonds is 4. The Morgan fingerprint density at radius 1 is 1.53 bits per heavy atom. The molecule has 0 spiro atoms. The fourth-order valence-electron chi connectivity index (χ4n) is 2.14. The van der Waals surface area contributed by atoms with E-state index >= 15 is 0 Å². The van der Waals surface area contributed by atoms with Crippen LogP contribution in [0.25, 0.3) is 0 Å². The highest BCUT2D eigenvalue weighted by molar-refractivity contribution is 5.73. The molecule has 0 aliphatic carbocycles. The normalized spacial score (nSPS) is 21.6. The number of hydrogen-bond donors (Lipinski definition) is 1. The molecule has 1 aliphatic rings. The van der Waals surface area contributed by atoms with Gasteiger partial charge in [0.1, 0.15) is 0 Å². The van der Waals surface area contributed by atoms with Crippen LogP contribution in [0, 0.1) is 0 Å². The highest BCUT2D eigenvalue weighted by Gasteiger charge is 2.28. The summed E-state index contributed by atoms with van der Waals surface area (Å²) in [6.07, 6.45) is 0.876. The van der Waals surface area contributed by atoms with Crippen molar-refractivity contribution in [3.8, 4) is 0 Å². The lowest BCUT2D eigenvalue weighted by Crippen LogP contribution is -2.41. The van der Waals surface area contributed by atoms with Crippen molar-refractivity contribution >= 4 is 11.9 Å². The molecule has 0 aromatic rings. The van der Waals surface area contributed by atoms with E-state index in [4.69, 9.17) is 5.11 Å². The molecule has 15 heavy (non-hydrogen) atoms. The van der Waals surface area contributed by atoms with Gasteiger partial charge in [-0.15, -0.1) is 0 Å². The highest BCUT2D eigenvalue weighted by atomic mass is 16.4. The van der Waals surface area contributed by atoms with Gasteiger partial charge in [0.05, 0.1) is 6.54 Å². The van der Waals surface area contributed by atoms with Crippen molar-refractivity contribution in [1.29, 1.82) is 0 Å². The van der Waals surface area contributed by atoms with E-state index in [2.05, 4.69) is 0 Å². The van der Waals surface area contributed by atoms with Gasteiger partial charge in [-0.1, -0.05) is 0 Å². The van der Waals surface area contributed by atoms with Gasteiger partial charge in [-0.25, -0.2) is 0 Å². The molecule has 0 radical (unpaired) electrons. The van der Waals surface area contributed by atoms with Gasteiger partial charge in [-0.05, 0) is 13.3 Å². The molecule has 5 heteroatoms. The first-order chi connectivity index (χ1) is 7.04. The summed E-state index contributed by atoms with van der Waals surface area (Å²) in [4.78, 5) is 25.5. The van der Waals surface area contributed by atoms with Gasteiger partial charge < -0.3 is 10.0 Å². The van der Waals surface area contributed by atoms with E-state index in [-0.39, 0.29) is 18.5 Å². The van der Waals surface area contributed by atoms with Gasteiger partial charge in [0, 0.05) is 32.6 Å². The van der Waals surface area contributed by atoms with Crippen LogP contribution < -0.4 is 0 Å². The lowest BCUT2D eigenvalue weighted by molar-refractivity contribution is -0.138. The summed E-state index contributed by atoms with van der Waals surface area (Å²) in [5.74, 6) is -0.735. The topological polar surface area (TPSA) is 60.9 Å². The number of carboxylic acids is 1. The summed E-state index contributed by atoms with van der Waals surface area (Å²) in [6, 6.07) is 0.187. The van der Waals surface area contributed by atoms with E-state index in [1.165, 1.54) is 0 Å². The van der Waals surface area contributed by atoms with Crippen molar-refractivity contribution in [2.24, 2.45) is 0 Å². The van der Waals surface area contributed by atoms with Gasteiger partial charge in [0.2, 0.25) is 5.91 Å². The van der Waals surface area contributed by atoms with Crippen LogP contribution in [0.3, 0.4) is 0 Å². The predicted molar refractivity (Wildman–Crippen MR) is 55.5 cm³/mol. The van der Waals surface area contributed by atoms with Crippen molar-refractivity contribution in [2.45, 2.75) is 26.3 Å². The second-order valence-corrected chi connectivity index (χ2v) is 3.88. The average molecular weight is 214 g/mol. The number of carboxylic acid groups (broad SMARTS) is 1. The molecular weight excluding hydrogens is 196 g/mol. The summed E-state index contributed by atoms with van der Waals surface area (Å²) >= 11 is 0. The van der Waals surface area contributed by atoms with Crippen LogP contribution in [0.4, 0.5) is 0 Å². The molecule has 86 valence electrons. The minimum absolute atomic E-state index is 0.0691. The maximum atomic E-state index is 11.3. The van der Waals surface area contributed by atoms with Crippen molar-refractivity contribution in [1.82, 2.24) is 9.80 Å². The Kier molecular flexibility index (Phi) is 4.08. The van der Waals surface area contributed by atoms with Crippen LogP contribution in [0.1, 0.15) is 20.3 Å². The quantitative estimate of drug-likeness (QED) is 0.716. The van der Waals surface area contributed by atoms with Gasteiger partial charge >= 0.3 is 5.97 Å². The lowest BCUT2D eigenvalue weighted by atomic mass is 10.2. The SMILES string of the molecule is CCN(C(C)=O)[C@H]1CCN(CC(=O)O)C1. The van der Waals surface area contributed by atoms with E-state index in [9.17, 15) is 9.59 Å². The summed E-state index contributed by atoms with van der Waals surface area (Å²) in [5.41, 5.74) is 0. The second-order valence-electron chi connectivity index (χ2n) is 3.88. The van der Waals surface area contributed by atoms with Crippen molar-refractivity contribution in [3.05, 3.63) is 0 Å². The first kappa shape index (κ1) is 12.0. The number of hydrogen-bond acceptors (Lipinski definition) is 3. The summed E-state index contributed by atoms with van der Waals surface area (Å²) < 4.78 is 0. The molecule has 1 saturated heterocycles. The minimum atomic E-state index is -0.804. The Balaban J connectivity index is 2.47. The van der Waals surface area contributed by atoms with Crippen molar-refractivity contribution in [3.63, 3.8) is 0 Å². The Labute approximate surface area is 89.7 Å². The van der Waals surface area contributed by atoms with E-state index in [1.807, 2.05) is 16.7 Å². The van der Waals surface area contributed by atoms with Crippen LogP contribution in [-0.4, -0.2) is 59.0 Å². The first-order valence-electron chi connectivity index (χ1n) is 5.26. The third-order valence-electron chi connectivity index (χ3n) is 2.79. The number of aliphatic carboxylic acids is 1. The summed E-state index contributed by atoms with van der Waals surface area (Å²) in [6.45, 7) is 5.72. The highest BCUT2D eigenvalue weighted by Crippen LogP contribution is 2.15. The van der Waals surface area contributed by atoms with Crippen molar-refractivity contribution in [2.75, 3.05) is 26.2 Å². The molecule has 1 amide bonds. The Bertz CT molecular complexity index is 255. The van der Waals surface area contributed by atoms with E-state index in [1.54, 1.807) is 6.92 Å². The van der Waals surface area contributed by atoms with Crippen LogP contribution in [0.15, 0.2) is 0 Å². The largest absolute Gasteiger partial charge is 0.480 e. The van der Waals surface area contributed by atoms with E-state index < -0.39 is 5.97 Å². The summed E-state index contributed by atoms with van der Waals surface area (Å²) in [7, 11) is 0. The fraction of sp³-hybridized carbons (Fsp3) is 0.800. The zero-order chi connectivity index (χ0) is 11.4. The van der Waals surface area contributed by atoms with Crippen LogP contribution in [0.5, 0.6) is 0 Å². The molecule has 0 saturated carbocycles. The lowest BCUT2D eigenvalue weighted by Gasteiger charge is -2.26. The number of likely N-dealkylation sites (tertiary alicyclic amines) is 1. The van der Waals surface area contributed by atoms with Crippen LogP contribution >= 0.6 is 0 Å². The van der Waals surface area contributed by atoms with Gasteiger partial charge in [-0.3, -0.25) is 14.5 Å². The van der Waals surface area contributed by atoms with Crippen LogP contribution in [-0.2, 0) is 9.59 Å². The Morgan fingerprint density at radius 2 is 2.20 bits per heavy atom. The molecule has 1 fully saturated rings. The number of carbonyl (C=O) groups excluding carboxylic acids is 1. The Hall–Kier alpha value is -1.10. The molecule has 0 aromatic carbocycles. The standard InChI is InChI=1S/C10H18N2O3/c1-3-12(8(2)13)9-4-5-11(6-9)7-10(14)15/h9H,3-7H2,1-2H3,(H,14,15)/t9-/m0/s1. The average Bonchev–Trinajstić information content (AvgIpc) is 2.52. The number of likely N-dealkylation sites (N-methyl/N-ethyl adjacent to an activating group) is 1. The fourth-order valence-corrected chi connectivity index (χ4v) is 2.14. The molecule has 0 unspecified atom stereocenters. The second kappa shape index (κ2) is 5.11. The zero-order valence-corrected chi connectivity index (χ0v) is 9.27. The molecule has 1 aliphatic heterocycles. The number of amides is 1. The molecule has 0 bridgehead atoms. The molecule has 1 rings (SSSR count). The first-order valence-corrected chi connectivity index (χ1v) is 5.26. The molecule has 1 heterocycles. The zero-order valence-electron chi connectivity index (χ0n) is 9.27. The smallest absolute Gasteiger partial charge is 0.317 e. The van der Waals surface area contributed by atoms with Crippen LogP contribution in [0.2, 0.25) is 0 Å². The molecule has 1 N–H and O–H groups in total. The molecule has 1 atom stereocenters. The summed E-state index contributed by atoms with van der Waals surface area (Å²) in [5, 5.41) is 8.64. The van der Waals surface area contributed by atoms with E-state index in [0.29, 0.717) is 13.1 Å². The van der Waals surface area contributed by atoms with Crippen molar-refractivity contribution < 1.29 is 14.7 Å². The molecule has 0 aromatic heterocycles. The maximum Gasteiger partial charge on any atom is 0.317 e. The van der Waals surface area contributed by atoms with E-state index in [0.717, 1.165) is 13.0 Å². The third-order valence-corrected chi connectivity index (χ3v) is 2.79. The van der Waals surface area contributed by atoms with Gasteiger partial charge in [0.15, 0.2) is 0 Å². The molecule has 5 nitrogen and oxygen atoms in total.